The summed E-state index contributed by atoms with van der Waals surface area (Å²) < 4.78 is 7.61. The SMILES string of the molecule is CCC(C)n1nccc1C1C(C#N)=C(N)OC2=C1C(=O)CC(C)(C)C2. The molecule has 2 unspecified atom stereocenters. The lowest BCUT2D eigenvalue weighted by Crippen LogP contribution is -2.34. The number of nitrogens with two attached hydrogens (primary N) is 1. The molecule has 1 aromatic heterocycles. The number of Topliss-reactive ketones (excluding diaryl/α,β-unsaturated/α-hetero) is 1. The largest absolute Gasteiger partial charge is 0.444 e. The minimum Gasteiger partial charge on any atom is -0.444 e. The number of nitriles is 1. The molecule has 2 aliphatic rings. The van der Waals surface area contributed by atoms with E-state index in [4.69, 9.17) is 10.5 Å². The van der Waals surface area contributed by atoms with Crippen LogP contribution in [0.3, 0.4) is 0 Å². The van der Waals surface area contributed by atoms with Crippen LogP contribution in [-0.4, -0.2) is 15.6 Å². The Morgan fingerprint density at radius 2 is 2.24 bits per heavy atom. The molecular weight excluding hydrogens is 316 g/mol. The maximum Gasteiger partial charge on any atom is 0.205 e. The third kappa shape index (κ3) is 2.84. The second-order valence-electron chi connectivity index (χ2n) is 7.66. The zero-order valence-electron chi connectivity index (χ0n) is 15.2. The van der Waals surface area contributed by atoms with Gasteiger partial charge in [0, 0.05) is 30.7 Å². The van der Waals surface area contributed by atoms with Gasteiger partial charge >= 0.3 is 0 Å². The quantitative estimate of drug-likeness (QED) is 0.911. The van der Waals surface area contributed by atoms with E-state index in [0.717, 1.165) is 12.1 Å². The van der Waals surface area contributed by atoms with Gasteiger partial charge in [0.05, 0.1) is 11.6 Å². The number of ketones is 1. The van der Waals surface area contributed by atoms with E-state index in [1.54, 1.807) is 6.20 Å². The Labute approximate surface area is 147 Å². The van der Waals surface area contributed by atoms with E-state index in [0.29, 0.717) is 24.2 Å². The van der Waals surface area contributed by atoms with Crippen LogP contribution in [0.4, 0.5) is 0 Å². The molecule has 2 heterocycles. The summed E-state index contributed by atoms with van der Waals surface area (Å²) in [4.78, 5) is 12.9. The molecule has 0 amide bonds. The molecule has 25 heavy (non-hydrogen) atoms. The maximum atomic E-state index is 12.9. The Hall–Kier alpha value is -2.55. The molecule has 0 bridgehead atoms. The molecule has 0 spiro atoms. The first-order chi connectivity index (χ1) is 11.8. The van der Waals surface area contributed by atoms with Crippen LogP contribution in [0.2, 0.25) is 0 Å². The van der Waals surface area contributed by atoms with E-state index in [1.165, 1.54) is 0 Å². The molecule has 0 saturated heterocycles. The number of nitrogens with zero attached hydrogens (tertiary/aromatic N) is 3. The lowest BCUT2D eigenvalue weighted by Gasteiger charge is -2.37. The molecule has 0 aromatic carbocycles. The van der Waals surface area contributed by atoms with E-state index in [9.17, 15) is 10.1 Å². The lowest BCUT2D eigenvalue weighted by atomic mass is 9.71. The summed E-state index contributed by atoms with van der Waals surface area (Å²) in [7, 11) is 0. The number of carbonyl (C=O) groups is 1. The van der Waals surface area contributed by atoms with Crippen LogP contribution in [0.25, 0.3) is 0 Å². The highest BCUT2D eigenvalue weighted by atomic mass is 16.5. The van der Waals surface area contributed by atoms with Crippen molar-refractivity contribution in [3.8, 4) is 6.07 Å². The first kappa shape index (κ1) is 17.3. The zero-order valence-corrected chi connectivity index (χ0v) is 15.2. The summed E-state index contributed by atoms with van der Waals surface area (Å²) in [5.74, 6) is 0.204. The Morgan fingerprint density at radius 3 is 2.88 bits per heavy atom. The highest BCUT2D eigenvalue weighted by molar-refractivity contribution is 5.99. The van der Waals surface area contributed by atoms with E-state index < -0.39 is 5.92 Å². The van der Waals surface area contributed by atoms with Crippen LogP contribution in [0.1, 0.15) is 64.6 Å². The zero-order chi connectivity index (χ0) is 18.4. The van der Waals surface area contributed by atoms with E-state index in [2.05, 4.69) is 25.0 Å². The number of hydrogen-bond acceptors (Lipinski definition) is 5. The summed E-state index contributed by atoms with van der Waals surface area (Å²) in [6.45, 7) is 8.22. The minimum absolute atomic E-state index is 0.0217. The minimum atomic E-state index is -0.506. The van der Waals surface area contributed by atoms with Crippen LogP contribution in [0.15, 0.2) is 35.1 Å². The Balaban J connectivity index is 2.19. The molecule has 2 atom stereocenters. The fourth-order valence-corrected chi connectivity index (χ4v) is 3.67. The van der Waals surface area contributed by atoms with Crippen molar-refractivity contribution in [1.29, 1.82) is 5.26 Å². The van der Waals surface area contributed by atoms with Crippen molar-refractivity contribution in [3.63, 3.8) is 0 Å². The monoisotopic (exact) mass is 340 g/mol. The van der Waals surface area contributed by atoms with Crippen molar-refractivity contribution in [1.82, 2.24) is 9.78 Å². The van der Waals surface area contributed by atoms with E-state index in [-0.39, 0.29) is 28.7 Å². The second kappa shape index (κ2) is 6.07. The highest BCUT2D eigenvalue weighted by Gasteiger charge is 2.44. The Morgan fingerprint density at radius 1 is 1.52 bits per heavy atom. The first-order valence-electron chi connectivity index (χ1n) is 8.66. The molecule has 1 aromatic rings. The van der Waals surface area contributed by atoms with Gasteiger partial charge in [-0.2, -0.15) is 10.4 Å². The van der Waals surface area contributed by atoms with Crippen molar-refractivity contribution in [3.05, 3.63) is 40.7 Å². The number of aromatic nitrogens is 2. The number of ether oxygens (including phenoxy) is 1. The summed E-state index contributed by atoms with van der Waals surface area (Å²) in [5, 5.41) is 14.1. The predicted molar refractivity (Wildman–Crippen MR) is 92.9 cm³/mol. The lowest BCUT2D eigenvalue weighted by molar-refractivity contribution is -0.119. The van der Waals surface area contributed by atoms with Crippen molar-refractivity contribution >= 4 is 5.78 Å². The molecule has 0 fully saturated rings. The molecule has 1 aliphatic carbocycles. The van der Waals surface area contributed by atoms with Crippen molar-refractivity contribution in [2.24, 2.45) is 11.1 Å². The first-order valence-corrected chi connectivity index (χ1v) is 8.66. The van der Waals surface area contributed by atoms with Crippen LogP contribution in [-0.2, 0) is 9.53 Å². The van der Waals surface area contributed by atoms with Gasteiger partial charge in [0.25, 0.3) is 0 Å². The smallest absolute Gasteiger partial charge is 0.205 e. The van der Waals surface area contributed by atoms with Crippen LogP contribution in [0, 0.1) is 16.7 Å². The van der Waals surface area contributed by atoms with Gasteiger partial charge < -0.3 is 10.5 Å². The average Bonchev–Trinajstić information content (AvgIpc) is 3.00. The number of carbonyl (C=O) groups excluding carboxylic acids is 1. The molecule has 2 N–H and O–H groups in total. The number of hydrogen-bond donors (Lipinski definition) is 1. The molecule has 132 valence electrons. The fourth-order valence-electron chi connectivity index (χ4n) is 3.67. The molecule has 3 rings (SSSR count). The van der Waals surface area contributed by atoms with Gasteiger partial charge in [-0.3, -0.25) is 9.48 Å². The summed E-state index contributed by atoms with van der Waals surface area (Å²) in [6, 6.07) is 4.18. The van der Waals surface area contributed by atoms with Gasteiger partial charge in [-0.1, -0.05) is 20.8 Å². The van der Waals surface area contributed by atoms with E-state index >= 15 is 0 Å². The van der Waals surface area contributed by atoms with Crippen molar-refractivity contribution in [2.45, 2.75) is 58.9 Å². The van der Waals surface area contributed by atoms with Crippen LogP contribution < -0.4 is 5.73 Å². The topological polar surface area (TPSA) is 93.9 Å². The van der Waals surface area contributed by atoms with Crippen LogP contribution in [0.5, 0.6) is 0 Å². The maximum absolute atomic E-state index is 12.9. The Bertz CT molecular complexity index is 823. The molecule has 1 aliphatic heterocycles. The van der Waals surface area contributed by atoms with E-state index in [1.807, 2.05) is 24.6 Å². The Kier molecular flexibility index (Phi) is 4.19. The van der Waals surface area contributed by atoms with Gasteiger partial charge in [-0.25, -0.2) is 0 Å². The molecule has 6 heteroatoms. The number of rotatable bonds is 3. The average molecular weight is 340 g/mol. The van der Waals surface area contributed by atoms with Crippen molar-refractivity contribution in [2.75, 3.05) is 0 Å². The van der Waals surface area contributed by atoms with Gasteiger partial charge in [0.1, 0.15) is 17.4 Å². The van der Waals surface area contributed by atoms with Gasteiger partial charge in [-0.05, 0) is 24.8 Å². The van der Waals surface area contributed by atoms with Gasteiger partial charge in [-0.15, -0.1) is 0 Å². The highest BCUT2D eigenvalue weighted by Crippen LogP contribution is 2.48. The summed E-state index contributed by atoms with van der Waals surface area (Å²) in [5.41, 5.74) is 7.54. The normalized spacial score (nSPS) is 23.8. The van der Waals surface area contributed by atoms with Gasteiger partial charge in [0.15, 0.2) is 5.78 Å². The summed E-state index contributed by atoms with van der Waals surface area (Å²) in [6.07, 6.45) is 3.66. The third-order valence-electron chi connectivity index (χ3n) is 5.08. The molecule has 0 radical (unpaired) electrons. The van der Waals surface area contributed by atoms with Crippen LogP contribution >= 0.6 is 0 Å². The van der Waals surface area contributed by atoms with Crippen molar-refractivity contribution < 1.29 is 9.53 Å². The fraction of sp³-hybridized carbons (Fsp3) is 0.526. The number of allylic oxidation sites excluding steroid dienone is 3. The molecule has 6 nitrogen and oxygen atoms in total. The summed E-state index contributed by atoms with van der Waals surface area (Å²) >= 11 is 0. The molecule has 0 saturated carbocycles. The third-order valence-corrected chi connectivity index (χ3v) is 5.08. The predicted octanol–water partition coefficient (Wildman–Crippen LogP) is 3.30. The van der Waals surface area contributed by atoms with Gasteiger partial charge in [0.2, 0.25) is 5.88 Å². The standard InChI is InChI=1S/C19H24N4O2/c1-5-11(2)23-13(6-7-22-23)16-12(10-20)18(21)25-15-9-19(3,4)8-14(24)17(15)16/h6-7,11,16H,5,8-9,21H2,1-4H3. The molecular formula is C19H24N4O2. The second-order valence-corrected chi connectivity index (χ2v) is 7.66.